The molecule has 0 aliphatic rings. The Morgan fingerprint density at radius 1 is 1.40 bits per heavy atom. The van der Waals surface area contributed by atoms with E-state index in [1.807, 2.05) is 0 Å². The number of carbonyl (C=O) groups is 1. The summed E-state index contributed by atoms with van der Waals surface area (Å²) in [5.41, 5.74) is 0.523. The van der Waals surface area contributed by atoms with E-state index in [0.717, 1.165) is 18.0 Å². The summed E-state index contributed by atoms with van der Waals surface area (Å²) in [6.45, 7) is 1.72. The monoisotopic (exact) mass is 279 g/mol. The van der Waals surface area contributed by atoms with Crippen molar-refractivity contribution in [3.8, 4) is 0 Å². The van der Waals surface area contributed by atoms with Crippen molar-refractivity contribution >= 4 is 5.91 Å². The lowest BCUT2D eigenvalue weighted by atomic mass is 10.1. The van der Waals surface area contributed by atoms with Gasteiger partial charge in [0.2, 0.25) is 5.91 Å². The van der Waals surface area contributed by atoms with Crippen molar-refractivity contribution in [3.63, 3.8) is 0 Å². The molecule has 1 unspecified atom stereocenters. The summed E-state index contributed by atoms with van der Waals surface area (Å²) in [5, 5.41) is 2.74. The molecule has 1 heterocycles. The van der Waals surface area contributed by atoms with E-state index in [1.54, 1.807) is 19.3 Å². The number of halogens is 2. The molecule has 20 heavy (non-hydrogen) atoms. The van der Waals surface area contributed by atoms with Gasteiger partial charge < -0.3 is 10.3 Å². The molecule has 0 fully saturated rings. The Morgan fingerprint density at radius 2 is 2.20 bits per heavy atom. The van der Waals surface area contributed by atoms with Crippen molar-refractivity contribution in [1.29, 1.82) is 0 Å². The van der Waals surface area contributed by atoms with Crippen molar-refractivity contribution < 1.29 is 13.6 Å². The topological polar surface area (TPSA) is 57.8 Å². The first-order valence-corrected chi connectivity index (χ1v) is 6.29. The molecular formula is C14H15F2N3O. The average molecular weight is 279 g/mol. The second kappa shape index (κ2) is 6.27. The number of imidazole rings is 1. The SMILES string of the molecule is CC(NC(=O)CCc1ncc[nH]1)c1ccc(F)c(F)c1. The molecule has 0 aliphatic carbocycles. The molecule has 0 saturated carbocycles. The van der Waals surface area contributed by atoms with E-state index in [4.69, 9.17) is 0 Å². The zero-order valence-corrected chi connectivity index (χ0v) is 11.0. The van der Waals surface area contributed by atoms with E-state index in [-0.39, 0.29) is 18.4 Å². The minimum Gasteiger partial charge on any atom is -0.350 e. The Hall–Kier alpha value is -2.24. The van der Waals surface area contributed by atoms with Gasteiger partial charge >= 0.3 is 0 Å². The number of amides is 1. The zero-order chi connectivity index (χ0) is 14.5. The Bertz CT molecular complexity index is 584. The van der Waals surface area contributed by atoms with Crippen LogP contribution in [-0.4, -0.2) is 15.9 Å². The van der Waals surface area contributed by atoms with Gasteiger partial charge in [-0.25, -0.2) is 13.8 Å². The van der Waals surface area contributed by atoms with Crippen LogP contribution in [0.4, 0.5) is 8.78 Å². The predicted octanol–water partition coefficient (Wildman–Crippen LogP) is 2.50. The summed E-state index contributed by atoms with van der Waals surface area (Å²) in [6.07, 6.45) is 4.10. The van der Waals surface area contributed by atoms with Crippen LogP contribution >= 0.6 is 0 Å². The molecule has 6 heteroatoms. The minimum absolute atomic E-state index is 0.168. The fraction of sp³-hybridized carbons (Fsp3) is 0.286. The highest BCUT2D eigenvalue weighted by atomic mass is 19.2. The smallest absolute Gasteiger partial charge is 0.220 e. The van der Waals surface area contributed by atoms with Gasteiger partial charge in [0.05, 0.1) is 6.04 Å². The lowest BCUT2D eigenvalue weighted by molar-refractivity contribution is -0.121. The van der Waals surface area contributed by atoms with E-state index in [2.05, 4.69) is 15.3 Å². The van der Waals surface area contributed by atoms with Gasteiger partial charge in [0.15, 0.2) is 11.6 Å². The highest BCUT2D eigenvalue weighted by Crippen LogP contribution is 2.16. The molecule has 1 atom stereocenters. The van der Waals surface area contributed by atoms with Crippen molar-refractivity contribution in [2.45, 2.75) is 25.8 Å². The number of hydrogen-bond acceptors (Lipinski definition) is 2. The van der Waals surface area contributed by atoms with Crippen LogP contribution in [-0.2, 0) is 11.2 Å². The Balaban J connectivity index is 1.88. The quantitative estimate of drug-likeness (QED) is 0.883. The number of hydrogen-bond donors (Lipinski definition) is 2. The second-order valence-corrected chi connectivity index (χ2v) is 4.50. The number of nitrogens with zero attached hydrogens (tertiary/aromatic N) is 1. The van der Waals surface area contributed by atoms with Gasteiger partial charge in [-0.1, -0.05) is 6.07 Å². The average Bonchev–Trinajstić information content (AvgIpc) is 2.92. The standard InChI is InChI=1S/C14H15F2N3O/c1-9(10-2-3-11(15)12(16)8-10)19-14(20)5-4-13-17-6-7-18-13/h2-3,6-9H,4-5H2,1H3,(H,17,18)(H,19,20). The van der Waals surface area contributed by atoms with Crippen LogP contribution in [0, 0.1) is 11.6 Å². The van der Waals surface area contributed by atoms with Crippen LogP contribution in [0.3, 0.4) is 0 Å². The van der Waals surface area contributed by atoms with E-state index in [0.29, 0.717) is 12.0 Å². The van der Waals surface area contributed by atoms with Crippen LogP contribution in [0.15, 0.2) is 30.6 Å². The van der Waals surface area contributed by atoms with Gasteiger partial charge in [0.1, 0.15) is 5.82 Å². The maximum absolute atomic E-state index is 13.1. The van der Waals surface area contributed by atoms with Crippen molar-refractivity contribution in [2.75, 3.05) is 0 Å². The molecule has 1 aromatic heterocycles. The molecule has 106 valence electrons. The normalized spacial score (nSPS) is 12.2. The number of carbonyl (C=O) groups excluding carboxylic acids is 1. The lowest BCUT2D eigenvalue weighted by Gasteiger charge is -2.14. The largest absolute Gasteiger partial charge is 0.350 e. The number of aryl methyl sites for hydroxylation is 1. The molecule has 2 aromatic rings. The number of H-pyrrole nitrogens is 1. The fourth-order valence-electron chi connectivity index (χ4n) is 1.85. The van der Waals surface area contributed by atoms with Crippen LogP contribution in [0.2, 0.25) is 0 Å². The van der Waals surface area contributed by atoms with Gasteiger partial charge in [0, 0.05) is 25.2 Å². The molecule has 0 radical (unpaired) electrons. The molecule has 0 aliphatic heterocycles. The van der Waals surface area contributed by atoms with Crippen LogP contribution in [0.25, 0.3) is 0 Å². The first-order chi connectivity index (χ1) is 9.56. The summed E-state index contributed by atoms with van der Waals surface area (Å²) in [5.74, 6) is -1.25. The number of aromatic amines is 1. The summed E-state index contributed by atoms with van der Waals surface area (Å²) in [4.78, 5) is 18.7. The molecule has 1 aromatic carbocycles. The van der Waals surface area contributed by atoms with E-state index in [9.17, 15) is 13.6 Å². The Morgan fingerprint density at radius 3 is 2.85 bits per heavy atom. The summed E-state index contributed by atoms with van der Waals surface area (Å²) < 4.78 is 25.9. The van der Waals surface area contributed by atoms with E-state index < -0.39 is 11.6 Å². The Kier molecular flexibility index (Phi) is 4.45. The molecule has 0 saturated heterocycles. The van der Waals surface area contributed by atoms with Crippen LogP contribution < -0.4 is 5.32 Å². The number of aromatic nitrogens is 2. The third kappa shape index (κ3) is 3.63. The maximum atomic E-state index is 13.1. The minimum atomic E-state index is -0.917. The first kappa shape index (κ1) is 14.2. The van der Waals surface area contributed by atoms with Crippen LogP contribution in [0.5, 0.6) is 0 Å². The first-order valence-electron chi connectivity index (χ1n) is 6.29. The number of benzene rings is 1. The van der Waals surface area contributed by atoms with E-state index in [1.165, 1.54) is 6.07 Å². The van der Waals surface area contributed by atoms with Gasteiger partial charge in [-0.2, -0.15) is 0 Å². The van der Waals surface area contributed by atoms with Gasteiger partial charge in [-0.3, -0.25) is 4.79 Å². The van der Waals surface area contributed by atoms with Gasteiger partial charge in [0.25, 0.3) is 0 Å². The fourth-order valence-corrected chi connectivity index (χ4v) is 1.85. The molecule has 2 rings (SSSR count). The summed E-state index contributed by atoms with van der Waals surface area (Å²) in [7, 11) is 0. The van der Waals surface area contributed by atoms with E-state index >= 15 is 0 Å². The van der Waals surface area contributed by atoms with Crippen molar-refractivity contribution in [1.82, 2.24) is 15.3 Å². The lowest BCUT2D eigenvalue weighted by Crippen LogP contribution is -2.27. The number of nitrogens with one attached hydrogen (secondary N) is 2. The van der Waals surface area contributed by atoms with Crippen molar-refractivity contribution in [3.05, 3.63) is 53.6 Å². The summed E-state index contributed by atoms with van der Waals surface area (Å²) >= 11 is 0. The van der Waals surface area contributed by atoms with Crippen LogP contribution in [0.1, 0.15) is 30.8 Å². The maximum Gasteiger partial charge on any atom is 0.220 e. The molecular weight excluding hydrogens is 264 g/mol. The molecule has 0 spiro atoms. The molecule has 0 bridgehead atoms. The molecule has 2 N–H and O–H groups in total. The number of rotatable bonds is 5. The van der Waals surface area contributed by atoms with Crippen molar-refractivity contribution in [2.24, 2.45) is 0 Å². The zero-order valence-electron chi connectivity index (χ0n) is 11.0. The molecule has 4 nitrogen and oxygen atoms in total. The third-order valence-corrected chi connectivity index (χ3v) is 2.96. The Labute approximate surface area is 115 Å². The van der Waals surface area contributed by atoms with Gasteiger partial charge in [-0.05, 0) is 24.6 Å². The second-order valence-electron chi connectivity index (χ2n) is 4.50. The third-order valence-electron chi connectivity index (χ3n) is 2.96. The highest BCUT2D eigenvalue weighted by Gasteiger charge is 2.12. The molecule has 1 amide bonds. The highest BCUT2D eigenvalue weighted by molar-refractivity contribution is 5.76. The summed E-state index contributed by atoms with van der Waals surface area (Å²) in [6, 6.07) is 3.22. The van der Waals surface area contributed by atoms with Gasteiger partial charge in [-0.15, -0.1) is 0 Å². The predicted molar refractivity (Wildman–Crippen MR) is 69.8 cm³/mol.